The van der Waals surface area contributed by atoms with E-state index in [1.807, 2.05) is 26.0 Å². The first-order chi connectivity index (χ1) is 8.42. The average Bonchev–Trinajstić information content (AvgIpc) is 2.77. The zero-order valence-electron chi connectivity index (χ0n) is 10.9. The predicted octanol–water partition coefficient (Wildman–Crippen LogP) is 1.72. The van der Waals surface area contributed by atoms with Gasteiger partial charge in [0.15, 0.2) is 5.70 Å². The summed E-state index contributed by atoms with van der Waals surface area (Å²) in [5.74, 6) is 0.529. The van der Waals surface area contributed by atoms with E-state index in [-0.39, 0.29) is 22.8 Å². The van der Waals surface area contributed by atoms with Crippen LogP contribution in [-0.4, -0.2) is 18.5 Å². The van der Waals surface area contributed by atoms with E-state index < -0.39 is 0 Å². The molecule has 0 fully saturated rings. The largest absolute Gasteiger partial charge is 0.420 e. The molecule has 0 aromatic rings. The van der Waals surface area contributed by atoms with Crippen molar-refractivity contribution in [1.82, 2.24) is 5.43 Å². The second-order valence-corrected chi connectivity index (χ2v) is 4.41. The van der Waals surface area contributed by atoms with Crippen molar-refractivity contribution in [2.24, 2.45) is 21.2 Å². The topological polar surface area (TPSA) is 95.9 Å². The fourth-order valence-electron chi connectivity index (χ4n) is 1.38. The number of ether oxygens (including phenoxy) is 1. The van der Waals surface area contributed by atoms with Gasteiger partial charge >= 0.3 is 0 Å². The number of nitrogens with two attached hydrogens (primary N) is 1. The van der Waals surface area contributed by atoms with Gasteiger partial charge in [-0.15, -0.1) is 5.10 Å². The molecule has 0 saturated heterocycles. The molecule has 1 aliphatic rings. The Bertz CT molecular complexity index is 445. The van der Waals surface area contributed by atoms with Gasteiger partial charge in [-0.3, -0.25) is 10.4 Å². The number of rotatable bonds is 5. The molecule has 6 nitrogen and oxygen atoms in total. The molecule has 0 saturated carbocycles. The first kappa shape index (κ1) is 14.0. The van der Waals surface area contributed by atoms with Crippen LogP contribution >= 0.6 is 0 Å². The summed E-state index contributed by atoms with van der Waals surface area (Å²) < 4.78 is 5.55. The van der Waals surface area contributed by atoms with E-state index in [0.717, 1.165) is 6.42 Å². The lowest BCUT2D eigenvalue weighted by Gasteiger charge is -2.18. The third-order valence-electron chi connectivity index (χ3n) is 2.41. The second-order valence-electron chi connectivity index (χ2n) is 4.41. The number of nitrogens with one attached hydrogen (secondary N) is 2. The van der Waals surface area contributed by atoms with Crippen LogP contribution in [0, 0.1) is 10.8 Å². The number of allylic oxidation sites excluding steroid dienone is 1. The molecule has 1 rings (SSSR count). The van der Waals surface area contributed by atoms with Gasteiger partial charge in [-0.25, -0.2) is 5.43 Å². The Kier molecular flexibility index (Phi) is 4.25. The molecule has 0 bridgehead atoms. The van der Waals surface area contributed by atoms with E-state index in [2.05, 4.69) is 29.2 Å². The van der Waals surface area contributed by atoms with E-state index in [1.165, 1.54) is 0 Å². The van der Waals surface area contributed by atoms with Gasteiger partial charge in [-0.2, -0.15) is 0 Å². The monoisotopic (exact) mass is 249 g/mol. The minimum atomic E-state index is -0.339. The maximum atomic E-state index is 7.35. The van der Waals surface area contributed by atoms with Gasteiger partial charge in [-0.05, 0) is 27.0 Å². The minimum Gasteiger partial charge on any atom is -0.420 e. The quantitative estimate of drug-likeness (QED) is 0.393. The molecule has 0 aliphatic carbocycles. The van der Waals surface area contributed by atoms with Crippen LogP contribution in [0.15, 0.2) is 33.8 Å². The van der Waals surface area contributed by atoms with Gasteiger partial charge < -0.3 is 10.5 Å². The SMILES string of the molecule is C=NC(C(=N)N)=C1NN=C(C(C)(C)/C=C\CC)O1. The Hall–Kier alpha value is -2.11. The van der Waals surface area contributed by atoms with Crippen molar-refractivity contribution in [3.05, 3.63) is 23.7 Å². The molecule has 4 N–H and O–H groups in total. The van der Waals surface area contributed by atoms with Gasteiger partial charge in [0.05, 0.1) is 5.41 Å². The van der Waals surface area contributed by atoms with E-state index in [1.54, 1.807) is 0 Å². The molecular formula is C12H19N5O. The summed E-state index contributed by atoms with van der Waals surface area (Å²) in [5.41, 5.74) is 7.86. The highest BCUT2D eigenvalue weighted by atomic mass is 16.5. The molecule has 0 atom stereocenters. The summed E-state index contributed by atoms with van der Waals surface area (Å²) in [6.45, 7) is 9.38. The molecule has 0 amide bonds. The molecule has 0 radical (unpaired) electrons. The van der Waals surface area contributed by atoms with Crippen molar-refractivity contribution in [3.8, 4) is 0 Å². The summed E-state index contributed by atoms with van der Waals surface area (Å²) in [4.78, 5) is 3.65. The summed E-state index contributed by atoms with van der Waals surface area (Å²) in [6.07, 6.45) is 5.01. The van der Waals surface area contributed by atoms with Crippen LogP contribution in [0.4, 0.5) is 0 Å². The number of hydrogen-bond donors (Lipinski definition) is 3. The zero-order chi connectivity index (χ0) is 13.8. The lowest BCUT2D eigenvalue weighted by molar-refractivity contribution is 0.369. The first-order valence-corrected chi connectivity index (χ1v) is 5.67. The Balaban J connectivity index is 2.92. The molecule has 18 heavy (non-hydrogen) atoms. The Labute approximate surface area is 107 Å². The van der Waals surface area contributed by atoms with Crippen LogP contribution in [0.1, 0.15) is 27.2 Å². The first-order valence-electron chi connectivity index (χ1n) is 5.67. The molecule has 0 unspecified atom stereocenters. The van der Waals surface area contributed by atoms with E-state index in [9.17, 15) is 0 Å². The van der Waals surface area contributed by atoms with Crippen molar-refractivity contribution in [2.45, 2.75) is 27.2 Å². The zero-order valence-corrected chi connectivity index (χ0v) is 10.9. The highest BCUT2D eigenvalue weighted by molar-refractivity contribution is 5.96. The molecule has 6 heteroatoms. The standard InChI is InChI=1S/C12H19N5O/c1-5-6-7-12(2,3)11-17-16-10(18-11)8(15-4)9(13)14/h6-7,16H,4-5H2,1-3H3,(H3,13,14)/b7-6-,10-8?. The molecular weight excluding hydrogens is 230 g/mol. The van der Waals surface area contributed by atoms with Crippen molar-refractivity contribution in [1.29, 1.82) is 5.41 Å². The molecule has 1 heterocycles. The maximum absolute atomic E-state index is 7.35. The second kappa shape index (κ2) is 5.48. The normalized spacial score (nSPS) is 18.1. The smallest absolute Gasteiger partial charge is 0.245 e. The van der Waals surface area contributed by atoms with Crippen LogP contribution in [0.2, 0.25) is 0 Å². The van der Waals surface area contributed by atoms with Gasteiger partial charge in [0.1, 0.15) is 5.84 Å². The summed E-state index contributed by atoms with van der Waals surface area (Å²) in [6, 6.07) is 0. The molecule has 98 valence electrons. The maximum Gasteiger partial charge on any atom is 0.245 e. The van der Waals surface area contributed by atoms with E-state index >= 15 is 0 Å². The Morgan fingerprint density at radius 2 is 2.33 bits per heavy atom. The number of amidine groups is 1. The number of hydrogen-bond acceptors (Lipinski definition) is 5. The van der Waals surface area contributed by atoms with Crippen LogP contribution in [0.3, 0.4) is 0 Å². The van der Waals surface area contributed by atoms with Crippen LogP contribution in [-0.2, 0) is 4.74 Å². The van der Waals surface area contributed by atoms with E-state index in [4.69, 9.17) is 15.9 Å². The molecule has 1 aliphatic heterocycles. The van der Waals surface area contributed by atoms with Crippen LogP contribution < -0.4 is 11.2 Å². The molecule has 0 aromatic heterocycles. The molecule has 0 spiro atoms. The Morgan fingerprint density at radius 1 is 1.67 bits per heavy atom. The minimum absolute atomic E-state index is 0.157. The van der Waals surface area contributed by atoms with Crippen molar-refractivity contribution < 1.29 is 4.74 Å². The van der Waals surface area contributed by atoms with Crippen molar-refractivity contribution in [3.63, 3.8) is 0 Å². The third-order valence-corrected chi connectivity index (χ3v) is 2.41. The van der Waals surface area contributed by atoms with Crippen molar-refractivity contribution >= 4 is 18.5 Å². The van der Waals surface area contributed by atoms with Gasteiger partial charge in [0, 0.05) is 0 Å². The van der Waals surface area contributed by atoms with Gasteiger partial charge in [-0.1, -0.05) is 19.1 Å². The number of nitrogens with zero attached hydrogens (tertiary/aromatic N) is 2. The predicted molar refractivity (Wildman–Crippen MR) is 73.4 cm³/mol. The lowest BCUT2D eigenvalue weighted by Crippen LogP contribution is -2.22. The number of hydrazone groups is 1. The van der Waals surface area contributed by atoms with Gasteiger partial charge in [0.25, 0.3) is 0 Å². The lowest BCUT2D eigenvalue weighted by atomic mass is 9.92. The third kappa shape index (κ3) is 2.97. The van der Waals surface area contributed by atoms with Gasteiger partial charge in [0.2, 0.25) is 11.8 Å². The van der Waals surface area contributed by atoms with E-state index in [0.29, 0.717) is 5.90 Å². The Morgan fingerprint density at radius 3 is 2.83 bits per heavy atom. The van der Waals surface area contributed by atoms with Crippen LogP contribution in [0.25, 0.3) is 0 Å². The fourth-order valence-corrected chi connectivity index (χ4v) is 1.38. The van der Waals surface area contributed by atoms with Crippen LogP contribution in [0.5, 0.6) is 0 Å². The molecule has 0 aromatic carbocycles. The summed E-state index contributed by atoms with van der Waals surface area (Å²) in [7, 11) is 0. The highest BCUT2D eigenvalue weighted by Gasteiger charge is 2.30. The summed E-state index contributed by atoms with van der Waals surface area (Å²) >= 11 is 0. The highest BCUT2D eigenvalue weighted by Crippen LogP contribution is 2.25. The number of aliphatic imine (C=N–C) groups is 1. The van der Waals surface area contributed by atoms with Crippen molar-refractivity contribution in [2.75, 3.05) is 0 Å². The summed E-state index contributed by atoms with van der Waals surface area (Å²) in [5, 5.41) is 11.4. The fraction of sp³-hybridized carbons (Fsp3) is 0.417. The average molecular weight is 249 g/mol.